The molecule has 0 aliphatic heterocycles. The van der Waals surface area contributed by atoms with Gasteiger partial charge >= 0.3 is 5.97 Å². The SMILES string of the molecule is CCOC(=O)/C(C#N)=C\c1ccc(N(C)C(=O)CCc2cc(-c3nc(-c4ccc(C)cc4C)nc(-c4ccc(C)cc4C)n3)c(O)c(C(C)(C)C)c2)cc1. The van der Waals surface area contributed by atoms with Gasteiger partial charge in [-0.15, -0.1) is 0 Å². The fourth-order valence-electron chi connectivity index (χ4n) is 6.32. The van der Waals surface area contributed by atoms with Gasteiger partial charge in [0.15, 0.2) is 17.5 Å². The van der Waals surface area contributed by atoms with E-state index < -0.39 is 11.4 Å². The summed E-state index contributed by atoms with van der Waals surface area (Å²) < 4.78 is 4.95. The monoisotopic (exact) mass is 721 g/mol. The van der Waals surface area contributed by atoms with Crippen LogP contribution in [0.5, 0.6) is 5.75 Å². The first-order valence-corrected chi connectivity index (χ1v) is 18.0. The Morgan fingerprint density at radius 2 is 1.35 bits per heavy atom. The number of carbonyl (C=O) groups is 2. The first-order valence-electron chi connectivity index (χ1n) is 18.0. The molecule has 0 saturated carbocycles. The number of aryl methyl sites for hydroxylation is 5. The largest absolute Gasteiger partial charge is 0.507 e. The Balaban J connectivity index is 1.50. The fourth-order valence-corrected chi connectivity index (χ4v) is 6.32. The number of nitrogens with zero attached hydrogens (tertiary/aromatic N) is 5. The molecule has 1 heterocycles. The summed E-state index contributed by atoms with van der Waals surface area (Å²) in [4.78, 5) is 42.0. The molecule has 1 aromatic heterocycles. The maximum absolute atomic E-state index is 13.5. The lowest BCUT2D eigenvalue weighted by Crippen LogP contribution is -2.26. The number of aromatic nitrogens is 3. The molecule has 1 N–H and O–H groups in total. The van der Waals surface area contributed by atoms with Crippen LogP contribution in [0.25, 0.3) is 40.2 Å². The zero-order valence-electron chi connectivity index (χ0n) is 32.5. The molecule has 5 aromatic rings. The highest BCUT2D eigenvalue weighted by atomic mass is 16.5. The van der Waals surface area contributed by atoms with E-state index in [9.17, 15) is 20.0 Å². The first kappa shape index (κ1) is 39.1. The minimum atomic E-state index is -0.678. The second kappa shape index (κ2) is 16.3. The van der Waals surface area contributed by atoms with Crippen molar-refractivity contribution >= 4 is 23.6 Å². The Hall–Kier alpha value is -6.14. The molecule has 9 heteroatoms. The van der Waals surface area contributed by atoms with Gasteiger partial charge in [-0.2, -0.15) is 5.26 Å². The average molecular weight is 722 g/mol. The van der Waals surface area contributed by atoms with Crippen molar-refractivity contribution in [1.82, 2.24) is 15.0 Å². The van der Waals surface area contributed by atoms with E-state index in [1.54, 1.807) is 43.1 Å². The molecule has 0 fully saturated rings. The van der Waals surface area contributed by atoms with E-state index >= 15 is 0 Å². The Morgan fingerprint density at radius 1 is 0.815 bits per heavy atom. The minimum absolute atomic E-state index is 0.0932. The summed E-state index contributed by atoms with van der Waals surface area (Å²) in [5, 5.41) is 21.2. The lowest BCUT2D eigenvalue weighted by Gasteiger charge is -2.24. The molecule has 0 spiro atoms. The maximum Gasteiger partial charge on any atom is 0.348 e. The number of amides is 1. The van der Waals surface area contributed by atoms with E-state index in [4.69, 9.17) is 19.7 Å². The van der Waals surface area contributed by atoms with Gasteiger partial charge in [0, 0.05) is 35.8 Å². The van der Waals surface area contributed by atoms with Gasteiger partial charge in [-0.3, -0.25) is 4.79 Å². The van der Waals surface area contributed by atoms with Crippen molar-refractivity contribution in [2.45, 2.75) is 73.6 Å². The number of nitriles is 1. The molecule has 0 bridgehead atoms. The third-order valence-electron chi connectivity index (χ3n) is 9.31. The summed E-state index contributed by atoms with van der Waals surface area (Å²) in [5.41, 5.74) is 8.92. The molecular formula is C45H47N5O4. The van der Waals surface area contributed by atoms with Crippen molar-refractivity contribution in [2.24, 2.45) is 0 Å². The van der Waals surface area contributed by atoms with Crippen LogP contribution in [-0.4, -0.2) is 45.6 Å². The standard InChI is InChI=1S/C45H47N5O4/c1-10-54-44(53)33(26-46)23-31-13-16-34(17-14-31)50(9)39(51)20-15-32-24-37(40(52)38(25-32)45(6,7)8)43-48-41(35-18-11-27(2)21-29(35)4)47-42(49-43)36-19-12-28(3)22-30(36)5/h11-14,16-19,21-25,52H,10,15,20H2,1-9H3/b33-23-. The smallest absolute Gasteiger partial charge is 0.348 e. The highest BCUT2D eigenvalue weighted by Gasteiger charge is 2.25. The van der Waals surface area contributed by atoms with Crippen molar-refractivity contribution in [3.05, 3.63) is 117 Å². The van der Waals surface area contributed by atoms with Gasteiger partial charge in [-0.25, -0.2) is 19.7 Å². The summed E-state index contributed by atoms with van der Waals surface area (Å²) in [7, 11) is 1.71. The maximum atomic E-state index is 13.5. The highest BCUT2D eigenvalue weighted by molar-refractivity contribution is 5.98. The molecule has 0 aliphatic rings. The molecule has 0 radical (unpaired) electrons. The van der Waals surface area contributed by atoms with Crippen molar-refractivity contribution in [2.75, 3.05) is 18.6 Å². The number of hydrogen-bond acceptors (Lipinski definition) is 8. The van der Waals surface area contributed by atoms with Crippen LogP contribution in [-0.2, 0) is 26.2 Å². The predicted octanol–water partition coefficient (Wildman–Crippen LogP) is 9.18. The van der Waals surface area contributed by atoms with Crippen LogP contribution in [0.15, 0.2) is 78.4 Å². The number of benzene rings is 4. The van der Waals surface area contributed by atoms with Crippen LogP contribution in [0.3, 0.4) is 0 Å². The van der Waals surface area contributed by atoms with E-state index in [0.717, 1.165) is 44.5 Å². The number of carbonyl (C=O) groups excluding carboxylic acids is 2. The second-order valence-electron chi connectivity index (χ2n) is 14.7. The van der Waals surface area contributed by atoms with Gasteiger partial charge in [-0.1, -0.05) is 86.5 Å². The number of aromatic hydroxyl groups is 1. The Bertz CT molecular complexity index is 2230. The molecule has 0 saturated heterocycles. The number of anilines is 1. The summed E-state index contributed by atoms with van der Waals surface area (Å²) in [6.45, 7) is 16.1. The molecule has 0 unspecified atom stereocenters. The molecule has 4 aromatic carbocycles. The number of ether oxygens (including phenoxy) is 1. The number of rotatable bonds is 10. The summed E-state index contributed by atoms with van der Waals surface area (Å²) in [5.74, 6) is 0.678. The fraction of sp³-hybridized carbons (Fsp3) is 0.289. The number of esters is 1. The molecule has 276 valence electrons. The first-order chi connectivity index (χ1) is 25.6. The van der Waals surface area contributed by atoms with E-state index in [-0.39, 0.29) is 30.3 Å². The van der Waals surface area contributed by atoms with Crippen LogP contribution in [0, 0.1) is 39.0 Å². The van der Waals surface area contributed by atoms with Crippen LogP contribution < -0.4 is 4.90 Å². The third-order valence-corrected chi connectivity index (χ3v) is 9.31. The van der Waals surface area contributed by atoms with E-state index in [1.807, 2.05) is 90.9 Å². The zero-order valence-corrected chi connectivity index (χ0v) is 32.5. The summed E-state index contributed by atoms with van der Waals surface area (Å²) in [6, 6.07) is 25.0. The van der Waals surface area contributed by atoms with E-state index in [0.29, 0.717) is 40.7 Å². The number of phenols is 1. The average Bonchev–Trinajstić information content (AvgIpc) is 3.12. The third kappa shape index (κ3) is 8.89. The number of phenolic OH excluding ortho intramolecular Hbond substituents is 1. The molecule has 0 atom stereocenters. The second-order valence-corrected chi connectivity index (χ2v) is 14.7. The summed E-state index contributed by atoms with van der Waals surface area (Å²) >= 11 is 0. The van der Waals surface area contributed by atoms with Gasteiger partial charge in [0.25, 0.3) is 0 Å². The van der Waals surface area contributed by atoms with Gasteiger partial charge in [0.1, 0.15) is 17.4 Å². The van der Waals surface area contributed by atoms with Crippen LogP contribution >= 0.6 is 0 Å². The molecule has 9 nitrogen and oxygen atoms in total. The topological polar surface area (TPSA) is 129 Å². The van der Waals surface area contributed by atoms with Gasteiger partial charge in [0.05, 0.1) is 12.2 Å². The predicted molar refractivity (Wildman–Crippen MR) is 214 cm³/mol. The Morgan fingerprint density at radius 3 is 1.83 bits per heavy atom. The molecule has 1 amide bonds. The van der Waals surface area contributed by atoms with Crippen LogP contribution in [0.1, 0.15) is 73.1 Å². The summed E-state index contributed by atoms with van der Waals surface area (Å²) in [6.07, 6.45) is 2.07. The van der Waals surface area contributed by atoms with Crippen LogP contribution in [0.4, 0.5) is 5.69 Å². The van der Waals surface area contributed by atoms with Crippen molar-refractivity contribution < 1.29 is 19.4 Å². The zero-order chi connectivity index (χ0) is 39.3. The van der Waals surface area contributed by atoms with Crippen LogP contribution in [0.2, 0.25) is 0 Å². The Kier molecular flexibility index (Phi) is 11.8. The minimum Gasteiger partial charge on any atom is -0.507 e. The molecule has 5 rings (SSSR count). The van der Waals surface area contributed by atoms with Gasteiger partial charge in [0.2, 0.25) is 5.91 Å². The van der Waals surface area contributed by atoms with Gasteiger partial charge in [-0.05, 0) is 93.0 Å². The number of hydrogen-bond donors (Lipinski definition) is 1. The normalized spacial score (nSPS) is 11.6. The Labute approximate surface area is 318 Å². The lowest BCUT2D eigenvalue weighted by atomic mass is 9.83. The highest BCUT2D eigenvalue weighted by Crippen LogP contribution is 2.40. The molecule has 0 aliphatic carbocycles. The lowest BCUT2D eigenvalue weighted by molar-refractivity contribution is -0.137. The quantitative estimate of drug-likeness (QED) is 0.0859. The molecular weight excluding hydrogens is 675 g/mol. The van der Waals surface area contributed by atoms with E-state index in [1.165, 1.54) is 6.08 Å². The van der Waals surface area contributed by atoms with Gasteiger partial charge < -0.3 is 14.7 Å². The van der Waals surface area contributed by atoms with Crippen molar-refractivity contribution in [3.8, 4) is 46.0 Å². The molecule has 54 heavy (non-hydrogen) atoms. The van der Waals surface area contributed by atoms with E-state index in [2.05, 4.69) is 12.1 Å². The van der Waals surface area contributed by atoms with Crippen molar-refractivity contribution in [3.63, 3.8) is 0 Å². The van der Waals surface area contributed by atoms with Crippen molar-refractivity contribution in [1.29, 1.82) is 5.26 Å².